The average molecular weight is 656 g/mol. The molecule has 1 aromatic heterocycles. The molecule has 4 atom stereocenters. The second kappa shape index (κ2) is 16.2. The van der Waals surface area contributed by atoms with E-state index in [1.54, 1.807) is 50.4 Å². The second-order valence-corrected chi connectivity index (χ2v) is 13.5. The van der Waals surface area contributed by atoms with Crippen LogP contribution in [0.2, 0.25) is 0 Å². The van der Waals surface area contributed by atoms with Crippen molar-refractivity contribution in [2.45, 2.75) is 89.3 Å². The molecule has 0 bridgehead atoms. The van der Waals surface area contributed by atoms with Gasteiger partial charge in [-0.25, -0.2) is 0 Å². The van der Waals surface area contributed by atoms with Crippen molar-refractivity contribution in [1.82, 2.24) is 25.8 Å². The molecule has 12 heteroatoms. The van der Waals surface area contributed by atoms with Crippen LogP contribution >= 0.6 is 0 Å². The predicted molar refractivity (Wildman–Crippen MR) is 183 cm³/mol. The number of fused-ring (bicyclic) bond motifs is 1. The van der Waals surface area contributed by atoms with Crippen LogP contribution in [-0.2, 0) is 20.8 Å². The Bertz CT molecular complexity index is 1570. The zero-order valence-electron chi connectivity index (χ0n) is 27.7. The zero-order valence-corrected chi connectivity index (χ0v) is 27.7. The number of likely N-dealkylation sites (tertiary alicyclic amines) is 1. The highest BCUT2D eigenvalue weighted by atomic mass is 16.4. The number of carbonyl (C=O) groups excluding carboxylic acids is 4. The van der Waals surface area contributed by atoms with Crippen LogP contribution in [0.15, 0.2) is 66.9 Å². The first-order chi connectivity index (χ1) is 23.1. The van der Waals surface area contributed by atoms with E-state index in [9.17, 15) is 29.2 Å². The van der Waals surface area contributed by atoms with Gasteiger partial charge in [-0.1, -0.05) is 82.3 Å². The lowest BCUT2D eigenvalue weighted by Crippen LogP contribution is -2.57. The Morgan fingerprint density at radius 1 is 0.938 bits per heavy atom. The largest absolute Gasteiger partial charge is 0.475 e. The Labute approximate surface area is 282 Å². The Balaban J connectivity index is 1.39. The minimum atomic E-state index is -1.80. The lowest BCUT2D eigenvalue weighted by Gasteiger charge is -2.32. The van der Waals surface area contributed by atoms with Crippen molar-refractivity contribution >= 4 is 41.5 Å². The third-order valence-corrected chi connectivity index (χ3v) is 9.58. The number of rotatable bonds is 12. The number of benzene rings is 2. The van der Waals surface area contributed by atoms with E-state index in [0.29, 0.717) is 17.7 Å². The van der Waals surface area contributed by atoms with Crippen LogP contribution in [0.5, 0.6) is 0 Å². The van der Waals surface area contributed by atoms with E-state index in [4.69, 9.17) is 0 Å². The van der Waals surface area contributed by atoms with Gasteiger partial charge in [0.25, 0.3) is 5.91 Å². The fraction of sp³-hybridized carbons (Fsp3) is 0.472. The number of nitrogens with zero attached hydrogens (tertiary/aromatic N) is 2. The number of amides is 4. The normalized spacial score (nSPS) is 19.5. The highest BCUT2D eigenvalue weighted by Gasteiger charge is 2.44. The van der Waals surface area contributed by atoms with E-state index in [0.717, 1.165) is 42.9 Å². The smallest absolute Gasteiger partial charge is 0.426 e. The minimum absolute atomic E-state index is 0.0421. The van der Waals surface area contributed by atoms with E-state index in [1.807, 2.05) is 30.3 Å². The van der Waals surface area contributed by atoms with Crippen LogP contribution in [0.25, 0.3) is 10.8 Å². The van der Waals surface area contributed by atoms with E-state index < -0.39 is 43.0 Å². The summed E-state index contributed by atoms with van der Waals surface area (Å²) in [5, 5.41) is 30.5. The van der Waals surface area contributed by atoms with Gasteiger partial charge in [-0.3, -0.25) is 24.2 Å². The molecule has 2 aromatic carbocycles. The molecule has 2 heterocycles. The Kier molecular flexibility index (Phi) is 11.8. The minimum Gasteiger partial charge on any atom is -0.426 e. The van der Waals surface area contributed by atoms with Crippen LogP contribution in [0.4, 0.5) is 0 Å². The molecule has 4 amide bonds. The van der Waals surface area contributed by atoms with Crippen molar-refractivity contribution in [3.05, 3.63) is 78.1 Å². The van der Waals surface area contributed by atoms with Crippen LogP contribution in [-0.4, -0.2) is 81.3 Å². The number of hydrogen-bond donors (Lipinski definition) is 5. The standard InChI is InChI=1S/C36H46BN5O6/c1-23(2)33(37(47)48)41-35(45)31-20-29(39-32(43)21-28-14-8-9-17-38-28)22-42(31)36(46)30(18-24-10-4-3-5-11-24)40-34(44)27-16-15-25-12-6-7-13-26(25)19-27/h6-9,12-17,19,23-24,29-31,33,47-48H,3-5,10-11,18,20-22H2,1-2H3,(H,39,43)(H,40,44)(H,41,45)/t29-,30-,31+,33+/m1/s1. The van der Waals surface area contributed by atoms with E-state index in [-0.39, 0.29) is 43.0 Å². The van der Waals surface area contributed by atoms with Crippen molar-refractivity contribution < 1.29 is 29.2 Å². The van der Waals surface area contributed by atoms with E-state index in [1.165, 1.54) is 4.90 Å². The van der Waals surface area contributed by atoms with Crippen molar-refractivity contribution in [2.75, 3.05) is 6.54 Å². The number of hydrogen-bond acceptors (Lipinski definition) is 7. The van der Waals surface area contributed by atoms with Crippen LogP contribution < -0.4 is 16.0 Å². The maximum Gasteiger partial charge on any atom is 0.475 e. The summed E-state index contributed by atoms with van der Waals surface area (Å²) < 4.78 is 0. The number of pyridine rings is 1. The van der Waals surface area contributed by atoms with Gasteiger partial charge in [0.2, 0.25) is 17.7 Å². The summed E-state index contributed by atoms with van der Waals surface area (Å²) in [4.78, 5) is 60.6. The lowest BCUT2D eigenvalue weighted by atomic mass is 9.73. The van der Waals surface area contributed by atoms with Crippen LogP contribution in [0.1, 0.15) is 74.8 Å². The molecule has 0 radical (unpaired) electrons. The molecule has 1 aliphatic heterocycles. The molecule has 2 fully saturated rings. The molecular weight excluding hydrogens is 609 g/mol. The van der Waals surface area contributed by atoms with Crippen molar-refractivity contribution in [3.63, 3.8) is 0 Å². The fourth-order valence-corrected chi connectivity index (χ4v) is 6.97. The maximum atomic E-state index is 14.5. The van der Waals surface area contributed by atoms with Gasteiger partial charge in [-0.05, 0) is 59.7 Å². The summed E-state index contributed by atoms with van der Waals surface area (Å²) in [7, 11) is -1.80. The Morgan fingerprint density at radius 3 is 2.35 bits per heavy atom. The number of aromatic nitrogens is 1. The zero-order chi connectivity index (χ0) is 34.2. The molecule has 11 nitrogen and oxygen atoms in total. The highest BCUT2D eigenvalue weighted by molar-refractivity contribution is 6.43. The first-order valence-corrected chi connectivity index (χ1v) is 17.0. The quantitative estimate of drug-likeness (QED) is 0.188. The topological polar surface area (TPSA) is 161 Å². The SMILES string of the molecule is CC(C)[C@H](NC(=O)[C@@H]1C[C@@H](NC(=O)Cc2ccccn2)CN1C(=O)[C@@H](CC1CCCCC1)NC(=O)c1ccc2ccccc2c1)B(O)O. The molecule has 48 heavy (non-hydrogen) atoms. The number of carbonyl (C=O) groups is 4. The molecule has 1 saturated heterocycles. The highest BCUT2D eigenvalue weighted by Crippen LogP contribution is 2.29. The monoisotopic (exact) mass is 655 g/mol. The molecule has 2 aliphatic rings. The third-order valence-electron chi connectivity index (χ3n) is 9.58. The van der Waals surface area contributed by atoms with Gasteiger partial charge in [0.05, 0.1) is 12.4 Å². The number of nitrogens with one attached hydrogen (secondary N) is 3. The van der Waals surface area contributed by atoms with Gasteiger partial charge in [-0.2, -0.15) is 0 Å². The fourth-order valence-electron chi connectivity index (χ4n) is 6.97. The van der Waals surface area contributed by atoms with Crippen molar-refractivity contribution in [2.24, 2.45) is 11.8 Å². The average Bonchev–Trinajstić information content (AvgIpc) is 3.50. The van der Waals surface area contributed by atoms with Gasteiger partial charge in [0.15, 0.2) is 0 Å². The molecule has 1 saturated carbocycles. The van der Waals surface area contributed by atoms with Gasteiger partial charge < -0.3 is 30.9 Å². The third kappa shape index (κ3) is 8.99. The summed E-state index contributed by atoms with van der Waals surface area (Å²) >= 11 is 0. The molecule has 0 unspecified atom stereocenters. The maximum absolute atomic E-state index is 14.5. The molecule has 5 rings (SSSR count). The summed E-state index contributed by atoms with van der Waals surface area (Å²) in [5.41, 5.74) is 1.03. The van der Waals surface area contributed by atoms with E-state index in [2.05, 4.69) is 20.9 Å². The van der Waals surface area contributed by atoms with Crippen LogP contribution in [0.3, 0.4) is 0 Å². The predicted octanol–water partition coefficient (Wildman–Crippen LogP) is 2.78. The Morgan fingerprint density at radius 2 is 1.67 bits per heavy atom. The molecule has 1 aliphatic carbocycles. The molecule has 3 aromatic rings. The van der Waals surface area contributed by atoms with Crippen LogP contribution in [0, 0.1) is 11.8 Å². The van der Waals surface area contributed by atoms with Crippen molar-refractivity contribution in [1.29, 1.82) is 0 Å². The second-order valence-electron chi connectivity index (χ2n) is 13.5. The van der Waals surface area contributed by atoms with Crippen molar-refractivity contribution in [3.8, 4) is 0 Å². The molecular formula is C36H46BN5O6. The van der Waals surface area contributed by atoms with Gasteiger partial charge in [0.1, 0.15) is 12.1 Å². The van der Waals surface area contributed by atoms with Gasteiger partial charge >= 0.3 is 7.12 Å². The summed E-state index contributed by atoms with van der Waals surface area (Å²) in [6, 6.07) is 16.0. The van der Waals surface area contributed by atoms with Gasteiger partial charge in [0, 0.05) is 30.0 Å². The molecule has 0 spiro atoms. The van der Waals surface area contributed by atoms with Gasteiger partial charge in [-0.15, -0.1) is 0 Å². The lowest BCUT2D eigenvalue weighted by molar-refractivity contribution is -0.140. The van der Waals surface area contributed by atoms with E-state index >= 15 is 0 Å². The Hall–Kier alpha value is -4.29. The first kappa shape index (κ1) is 35.0. The first-order valence-electron chi connectivity index (χ1n) is 17.0. The molecule has 254 valence electrons. The summed E-state index contributed by atoms with van der Waals surface area (Å²) in [5.74, 6) is -2.63. The summed E-state index contributed by atoms with van der Waals surface area (Å²) in [6.45, 7) is 3.57. The molecule has 5 N–H and O–H groups in total. The summed E-state index contributed by atoms with van der Waals surface area (Å²) in [6.07, 6.45) is 7.38.